The minimum atomic E-state index is -0.180. The second-order valence-corrected chi connectivity index (χ2v) is 5.36. The molecular weight excluding hydrogens is 272 g/mol. The van der Waals surface area contributed by atoms with E-state index in [0.29, 0.717) is 6.54 Å². The third-order valence-electron chi connectivity index (χ3n) is 3.03. The topological polar surface area (TPSA) is 52.7 Å². The Balaban J connectivity index is 1.66. The van der Waals surface area contributed by atoms with Crippen LogP contribution in [0.4, 0.5) is 0 Å². The molecule has 3 aromatic rings. The van der Waals surface area contributed by atoms with Crippen LogP contribution in [0.1, 0.15) is 12.0 Å². The van der Waals surface area contributed by atoms with Gasteiger partial charge < -0.3 is 0 Å². The second kappa shape index (κ2) is 5.83. The monoisotopic (exact) mass is 286 g/mol. The van der Waals surface area contributed by atoms with Crippen LogP contribution in [-0.2, 0) is 13.0 Å². The number of thiophene rings is 1. The maximum Gasteiger partial charge on any atom is 0.369 e. The van der Waals surface area contributed by atoms with Crippen molar-refractivity contribution in [2.75, 3.05) is 0 Å². The molecule has 0 bridgehead atoms. The van der Waals surface area contributed by atoms with Gasteiger partial charge in [0.25, 0.3) is 0 Å². The maximum atomic E-state index is 12.1. The number of rotatable bonds is 5. The minimum absolute atomic E-state index is 0.180. The fourth-order valence-electron chi connectivity index (χ4n) is 2.02. The molecule has 1 aromatic carbocycles. The molecule has 5 nitrogen and oxygen atoms in total. The summed E-state index contributed by atoms with van der Waals surface area (Å²) in [6.45, 7) is 0.582. The lowest BCUT2D eigenvalue weighted by molar-refractivity contribution is 0.545. The van der Waals surface area contributed by atoms with Crippen LogP contribution in [0.3, 0.4) is 0 Å². The lowest BCUT2D eigenvalue weighted by atomic mass is 10.1. The lowest BCUT2D eigenvalue weighted by Crippen LogP contribution is -2.24. The standard InChI is InChI=1S/C14H14N4OS/c19-14-17(10-4-8-12-6-2-1-3-7-12)15-16-18(14)13-9-5-11-20-13/h1-3,5-7,9,11H,4,8,10H2. The summed E-state index contributed by atoms with van der Waals surface area (Å²) in [4.78, 5) is 12.1. The Morgan fingerprint density at radius 3 is 2.65 bits per heavy atom. The average Bonchev–Trinajstić information content (AvgIpc) is 3.11. The van der Waals surface area contributed by atoms with Gasteiger partial charge in [-0.2, -0.15) is 9.36 Å². The SMILES string of the molecule is O=c1n(CCCc2ccccc2)nnn1-c1cccs1. The molecule has 0 aliphatic rings. The first kappa shape index (κ1) is 12.8. The van der Waals surface area contributed by atoms with Crippen molar-refractivity contribution in [2.24, 2.45) is 0 Å². The van der Waals surface area contributed by atoms with Gasteiger partial charge in [0, 0.05) is 6.54 Å². The highest BCUT2D eigenvalue weighted by molar-refractivity contribution is 7.12. The van der Waals surface area contributed by atoms with E-state index in [2.05, 4.69) is 22.6 Å². The van der Waals surface area contributed by atoms with Gasteiger partial charge >= 0.3 is 5.69 Å². The quantitative estimate of drug-likeness (QED) is 0.722. The molecule has 2 heterocycles. The summed E-state index contributed by atoms with van der Waals surface area (Å²) in [7, 11) is 0. The molecular formula is C14H14N4OS. The molecule has 102 valence electrons. The maximum absolute atomic E-state index is 12.1. The normalized spacial score (nSPS) is 10.8. The van der Waals surface area contributed by atoms with Gasteiger partial charge in [-0.15, -0.1) is 11.3 Å². The first-order valence-electron chi connectivity index (χ1n) is 6.45. The van der Waals surface area contributed by atoms with Crippen LogP contribution < -0.4 is 5.69 Å². The molecule has 0 N–H and O–H groups in total. The van der Waals surface area contributed by atoms with Crippen LogP contribution in [0.5, 0.6) is 0 Å². The summed E-state index contributed by atoms with van der Waals surface area (Å²) in [5.41, 5.74) is 1.09. The molecule has 0 amide bonds. The lowest BCUT2D eigenvalue weighted by Gasteiger charge is -2.00. The molecule has 0 unspecified atom stereocenters. The minimum Gasteiger partial charge on any atom is -0.244 e. The van der Waals surface area contributed by atoms with E-state index in [4.69, 9.17) is 0 Å². The van der Waals surface area contributed by atoms with E-state index in [1.165, 1.54) is 26.3 Å². The van der Waals surface area contributed by atoms with E-state index in [9.17, 15) is 4.79 Å². The number of aryl methyl sites for hydroxylation is 2. The van der Waals surface area contributed by atoms with Crippen molar-refractivity contribution in [3.05, 3.63) is 63.9 Å². The van der Waals surface area contributed by atoms with Crippen molar-refractivity contribution >= 4 is 11.3 Å². The fraction of sp³-hybridized carbons (Fsp3) is 0.214. The number of benzene rings is 1. The van der Waals surface area contributed by atoms with Crippen molar-refractivity contribution in [1.29, 1.82) is 0 Å². The van der Waals surface area contributed by atoms with Gasteiger partial charge in [0.05, 0.1) is 0 Å². The Kier molecular flexibility index (Phi) is 3.73. The Morgan fingerprint density at radius 1 is 1.05 bits per heavy atom. The van der Waals surface area contributed by atoms with E-state index in [1.807, 2.05) is 35.7 Å². The van der Waals surface area contributed by atoms with Crippen LogP contribution in [0.25, 0.3) is 5.00 Å². The van der Waals surface area contributed by atoms with E-state index in [1.54, 1.807) is 0 Å². The largest absolute Gasteiger partial charge is 0.369 e. The zero-order valence-corrected chi connectivity index (χ0v) is 11.7. The van der Waals surface area contributed by atoms with Gasteiger partial charge in [0.15, 0.2) is 0 Å². The van der Waals surface area contributed by atoms with E-state index in [0.717, 1.165) is 17.8 Å². The van der Waals surface area contributed by atoms with Crippen LogP contribution in [0.15, 0.2) is 52.6 Å². The summed E-state index contributed by atoms with van der Waals surface area (Å²) in [6, 6.07) is 14.0. The molecule has 3 rings (SSSR count). The van der Waals surface area contributed by atoms with Crippen molar-refractivity contribution in [2.45, 2.75) is 19.4 Å². The second-order valence-electron chi connectivity index (χ2n) is 4.44. The fourth-order valence-corrected chi connectivity index (χ4v) is 2.69. The predicted molar refractivity (Wildman–Crippen MR) is 78.3 cm³/mol. The van der Waals surface area contributed by atoms with Gasteiger partial charge in [-0.05, 0) is 46.3 Å². The number of tetrazole rings is 1. The Hall–Kier alpha value is -2.21. The average molecular weight is 286 g/mol. The van der Waals surface area contributed by atoms with Crippen molar-refractivity contribution in [3.8, 4) is 5.00 Å². The first-order valence-corrected chi connectivity index (χ1v) is 7.33. The predicted octanol–water partition coefficient (Wildman–Crippen LogP) is 2.12. The Bertz CT molecular complexity index is 715. The summed E-state index contributed by atoms with van der Waals surface area (Å²) in [5.74, 6) is 0. The Morgan fingerprint density at radius 2 is 1.90 bits per heavy atom. The molecule has 6 heteroatoms. The van der Waals surface area contributed by atoms with Gasteiger partial charge in [0.2, 0.25) is 0 Å². The number of nitrogens with zero attached hydrogens (tertiary/aromatic N) is 4. The van der Waals surface area contributed by atoms with Crippen molar-refractivity contribution in [3.63, 3.8) is 0 Å². The van der Waals surface area contributed by atoms with Gasteiger partial charge in [-0.25, -0.2) is 4.79 Å². The molecule has 20 heavy (non-hydrogen) atoms. The molecule has 0 fully saturated rings. The van der Waals surface area contributed by atoms with E-state index >= 15 is 0 Å². The molecule has 0 aliphatic heterocycles. The molecule has 0 radical (unpaired) electrons. The molecule has 0 saturated carbocycles. The first-order chi connectivity index (χ1) is 9.84. The van der Waals surface area contributed by atoms with Crippen LogP contribution in [0.2, 0.25) is 0 Å². The highest BCUT2D eigenvalue weighted by Gasteiger charge is 2.08. The summed E-state index contributed by atoms with van der Waals surface area (Å²) < 4.78 is 2.76. The van der Waals surface area contributed by atoms with E-state index in [-0.39, 0.29) is 5.69 Å². The van der Waals surface area contributed by atoms with Gasteiger partial charge in [0.1, 0.15) is 5.00 Å². The zero-order valence-electron chi connectivity index (χ0n) is 10.8. The van der Waals surface area contributed by atoms with Crippen LogP contribution >= 0.6 is 11.3 Å². The zero-order chi connectivity index (χ0) is 13.8. The van der Waals surface area contributed by atoms with Gasteiger partial charge in [-0.3, -0.25) is 0 Å². The molecule has 0 saturated heterocycles. The highest BCUT2D eigenvalue weighted by atomic mass is 32.1. The summed E-state index contributed by atoms with van der Waals surface area (Å²) in [6.07, 6.45) is 1.80. The molecule has 0 spiro atoms. The smallest absolute Gasteiger partial charge is 0.244 e. The molecule has 0 aliphatic carbocycles. The number of hydrogen-bond donors (Lipinski definition) is 0. The number of aromatic nitrogens is 4. The third kappa shape index (κ3) is 2.70. The third-order valence-corrected chi connectivity index (χ3v) is 3.88. The number of hydrogen-bond acceptors (Lipinski definition) is 4. The van der Waals surface area contributed by atoms with Crippen LogP contribution in [-0.4, -0.2) is 19.8 Å². The summed E-state index contributed by atoms with van der Waals surface area (Å²) in [5, 5.41) is 10.5. The van der Waals surface area contributed by atoms with E-state index < -0.39 is 0 Å². The molecule has 0 atom stereocenters. The highest BCUT2D eigenvalue weighted by Crippen LogP contribution is 2.10. The van der Waals surface area contributed by atoms with Crippen molar-refractivity contribution in [1.82, 2.24) is 19.8 Å². The summed E-state index contributed by atoms with van der Waals surface area (Å²) >= 11 is 1.47. The van der Waals surface area contributed by atoms with Crippen molar-refractivity contribution < 1.29 is 0 Å². The van der Waals surface area contributed by atoms with Gasteiger partial charge in [-0.1, -0.05) is 30.3 Å². The molecule has 2 aromatic heterocycles. The Labute approximate surface area is 120 Å². The van der Waals surface area contributed by atoms with Crippen LogP contribution in [0, 0.1) is 0 Å².